The number of hydrogen-bond acceptors (Lipinski definition) is 4. The summed E-state index contributed by atoms with van der Waals surface area (Å²) in [6, 6.07) is 3.60. The van der Waals surface area contributed by atoms with Gasteiger partial charge >= 0.3 is 0 Å². The number of rotatable bonds is 1. The van der Waals surface area contributed by atoms with Crippen LogP contribution in [-0.4, -0.2) is 46.3 Å². The van der Waals surface area contributed by atoms with Crippen LogP contribution in [0.5, 0.6) is 0 Å². The molecule has 3 rings (SSSR count). The largest absolute Gasteiger partial charge is 0.353 e. The molecule has 2 amide bonds. The maximum absolute atomic E-state index is 12.5. The van der Waals surface area contributed by atoms with Gasteiger partial charge in [0.2, 0.25) is 5.91 Å². The van der Waals surface area contributed by atoms with Crippen LogP contribution >= 0.6 is 0 Å². The topological polar surface area (TPSA) is 75.2 Å². The molecule has 0 saturated carbocycles. The van der Waals surface area contributed by atoms with E-state index in [9.17, 15) is 9.59 Å². The van der Waals surface area contributed by atoms with Crippen molar-refractivity contribution in [3.63, 3.8) is 0 Å². The summed E-state index contributed by atoms with van der Waals surface area (Å²) in [6.07, 6.45) is 3.35. The number of aromatic nitrogens is 2. The molecule has 6 nitrogen and oxygen atoms in total. The average molecular weight is 270 g/mol. The number of aryl methyl sites for hydroxylation is 1. The summed E-state index contributed by atoms with van der Waals surface area (Å²) < 4.78 is 0. The van der Waals surface area contributed by atoms with Crippen molar-refractivity contribution in [3.8, 4) is 0 Å². The summed E-state index contributed by atoms with van der Waals surface area (Å²) in [5.41, 5.74) is 2.00. The van der Waals surface area contributed by atoms with Crippen molar-refractivity contribution in [2.75, 3.05) is 19.6 Å². The molecular formula is C14H14N4O2. The molecule has 0 aliphatic carbocycles. The number of pyridine rings is 2. The standard InChI is InChI=1S/C14H14N4O2/c1-9-11(6-10-7-15-3-2-12(10)17-9)14(20)18-5-4-16-13(19)8-18/h2-3,6-7H,4-5,8H2,1H3,(H,16,19). The quantitative estimate of drug-likeness (QED) is 0.819. The van der Waals surface area contributed by atoms with Crippen LogP contribution in [-0.2, 0) is 4.79 Å². The van der Waals surface area contributed by atoms with Gasteiger partial charge in [0.25, 0.3) is 5.91 Å². The zero-order valence-corrected chi connectivity index (χ0v) is 11.1. The van der Waals surface area contributed by atoms with Gasteiger partial charge in [0, 0.05) is 30.9 Å². The van der Waals surface area contributed by atoms with E-state index in [1.165, 1.54) is 0 Å². The number of hydrogen-bond donors (Lipinski definition) is 1. The number of nitrogens with zero attached hydrogens (tertiary/aromatic N) is 3. The molecular weight excluding hydrogens is 256 g/mol. The predicted octanol–water partition coefficient (Wildman–Crippen LogP) is 0.510. The van der Waals surface area contributed by atoms with Crippen LogP contribution < -0.4 is 5.32 Å². The van der Waals surface area contributed by atoms with E-state index < -0.39 is 0 Å². The maximum atomic E-state index is 12.5. The fourth-order valence-electron chi connectivity index (χ4n) is 2.31. The average Bonchev–Trinajstić information content (AvgIpc) is 2.46. The van der Waals surface area contributed by atoms with Gasteiger partial charge in [-0.1, -0.05) is 0 Å². The Labute approximate surface area is 115 Å². The van der Waals surface area contributed by atoms with Gasteiger partial charge < -0.3 is 10.2 Å². The van der Waals surface area contributed by atoms with Gasteiger partial charge in [-0.25, -0.2) is 0 Å². The fourth-order valence-corrected chi connectivity index (χ4v) is 2.31. The van der Waals surface area contributed by atoms with Crippen LogP contribution in [0.3, 0.4) is 0 Å². The molecule has 1 aliphatic heterocycles. The Morgan fingerprint density at radius 1 is 1.45 bits per heavy atom. The molecule has 3 heterocycles. The Bertz CT molecular complexity index is 699. The molecule has 2 aromatic heterocycles. The first-order valence-corrected chi connectivity index (χ1v) is 6.42. The first kappa shape index (κ1) is 12.5. The van der Waals surface area contributed by atoms with Crippen LogP contribution in [0.1, 0.15) is 16.1 Å². The Hall–Kier alpha value is -2.50. The lowest BCUT2D eigenvalue weighted by Crippen LogP contribution is -2.50. The number of piperazine rings is 1. The first-order valence-electron chi connectivity index (χ1n) is 6.42. The Morgan fingerprint density at radius 2 is 2.30 bits per heavy atom. The molecule has 1 aliphatic rings. The van der Waals surface area contributed by atoms with Gasteiger partial charge in [-0.15, -0.1) is 0 Å². The second-order valence-electron chi connectivity index (χ2n) is 4.77. The molecule has 0 aromatic carbocycles. The second kappa shape index (κ2) is 4.88. The normalized spacial score (nSPS) is 15.2. The van der Waals surface area contributed by atoms with Gasteiger partial charge in [-0.3, -0.25) is 19.6 Å². The van der Waals surface area contributed by atoms with Gasteiger partial charge in [-0.2, -0.15) is 0 Å². The van der Waals surface area contributed by atoms with Crippen LogP contribution in [0.25, 0.3) is 10.9 Å². The van der Waals surface area contributed by atoms with E-state index >= 15 is 0 Å². The number of fused-ring (bicyclic) bond motifs is 1. The van der Waals surface area contributed by atoms with Crippen LogP contribution in [0.15, 0.2) is 24.5 Å². The van der Waals surface area contributed by atoms with Crippen molar-refractivity contribution >= 4 is 22.7 Å². The van der Waals surface area contributed by atoms with Gasteiger partial charge in [0.15, 0.2) is 0 Å². The van der Waals surface area contributed by atoms with Crippen molar-refractivity contribution < 1.29 is 9.59 Å². The smallest absolute Gasteiger partial charge is 0.256 e. The molecule has 0 unspecified atom stereocenters. The van der Waals surface area contributed by atoms with E-state index in [0.29, 0.717) is 24.3 Å². The number of amides is 2. The number of carbonyl (C=O) groups excluding carboxylic acids is 2. The summed E-state index contributed by atoms with van der Waals surface area (Å²) in [6.45, 7) is 2.92. The molecule has 6 heteroatoms. The molecule has 0 spiro atoms. The third kappa shape index (κ3) is 2.20. The van der Waals surface area contributed by atoms with Gasteiger partial charge in [0.05, 0.1) is 23.3 Å². The third-order valence-corrected chi connectivity index (χ3v) is 3.36. The number of carbonyl (C=O) groups is 2. The van der Waals surface area contributed by atoms with E-state index in [4.69, 9.17) is 0 Å². The van der Waals surface area contributed by atoms with Crippen LogP contribution in [0, 0.1) is 6.92 Å². The summed E-state index contributed by atoms with van der Waals surface area (Å²) in [5, 5.41) is 3.53. The molecule has 20 heavy (non-hydrogen) atoms. The molecule has 0 bridgehead atoms. The molecule has 1 saturated heterocycles. The monoisotopic (exact) mass is 270 g/mol. The molecule has 102 valence electrons. The van der Waals surface area contributed by atoms with Crippen molar-refractivity contribution in [3.05, 3.63) is 35.8 Å². The predicted molar refractivity (Wildman–Crippen MR) is 73.2 cm³/mol. The van der Waals surface area contributed by atoms with Crippen LogP contribution in [0.4, 0.5) is 0 Å². The summed E-state index contributed by atoms with van der Waals surface area (Å²) >= 11 is 0. The number of nitrogens with one attached hydrogen (secondary N) is 1. The van der Waals surface area contributed by atoms with E-state index in [1.54, 1.807) is 30.3 Å². The fraction of sp³-hybridized carbons (Fsp3) is 0.286. The summed E-state index contributed by atoms with van der Waals surface area (Å²) in [5.74, 6) is -0.284. The highest BCUT2D eigenvalue weighted by atomic mass is 16.2. The molecule has 1 fully saturated rings. The van der Waals surface area contributed by atoms with Gasteiger partial charge in [0.1, 0.15) is 0 Å². The lowest BCUT2D eigenvalue weighted by molar-refractivity contribution is -0.123. The second-order valence-corrected chi connectivity index (χ2v) is 4.77. The SMILES string of the molecule is Cc1nc2ccncc2cc1C(=O)N1CCNC(=O)C1. The van der Waals surface area contributed by atoms with E-state index in [1.807, 2.05) is 6.07 Å². The minimum absolute atomic E-state index is 0.101. The first-order chi connectivity index (χ1) is 9.65. The summed E-state index contributed by atoms with van der Waals surface area (Å²) in [7, 11) is 0. The lowest BCUT2D eigenvalue weighted by atomic mass is 10.1. The Morgan fingerprint density at radius 3 is 3.10 bits per heavy atom. The highest BCUT2D eigenvalue weighted by Gasteiger charge is 2.24. The third-order valence-electron chi connectivity index (χ3n) is 3.36. The molecule has 1 N–H and O–H groups in total. The molecule has 0 atom stereocenters. The minimum atomic E-state index is -0.157. The van der Waals surface area contributed by atoms with Crippen molar-refractivity contribution in [1.82, 2.24) is 20.2 Å². The lowest BCUT2D eigenvalue weighted by Gasteiger charge is -2.27. The van der Waals surface area contributed by atoms with E-state index in [-0.39, 0.29) is 18.4 Å². The zero-order chi connectivity index (χ0) is 14.1. The Balaban J connectivity index is 1.98. The highest BCUT2D eigenvalue weighted by Crippen LogP contribution is 2.17. The van der Waals surface area contributed by atoms with E-state index in [0.717, 1.165) is 10.9 Å². The summed E-state index contributed by atoms with van der Waals surface area (Å²) in [4.78, 5) is 33.9. The van der Waals surface area contributed by atoms with Crippen LogP contribution in [0.2, 0.25) is 0 Å². The highest BCUT2D eigenvalue weighted by molar-refractivity contribution is 6.00. The van der Waals surface area contributed by atoms with Gasteiger partial charge in [-0.05, 0) is 19.1 Å². The minimum Gasteiger partial charge on any atom is -0.353 e. The van der Waals surface area contributed by atoms with Crippen molar-refractivity contribution in [1.29, 1.82) is 0 Å². The van der Waals surface area contributed by atoms with Crippen molar-refractivity contribution in [2.45, 2.75) is 6.92 Å². The molecule has 2 aromatic rings. The van der Waals surface area contributed by atoms with Crippen molar-refractivity contribution in [2.24, 2.45) is 0 Å². The van der Waals surface area contributed by atoms with E-state index in [2.05, 4.69) is 15.3 Å². The molecule has 0 radical (unpaired) electrons. The maximum Gasteiger partial charge on any atom is 0.256 e. The Kier molecular flexibility index (Phi) is 3.06. The zero-order valence-electron chi connectivity index (χ0n) is 11.1.